The summed E-state index contributed by atoms with van der Waals surface area (Å²) in [5.41, 5.74) is 7.01. The summed E-state index contributed by atoms with van der Waals surface area (Å²) in [6.45, 7) is 10.3. The van der Waals surface area contributed by atoms with E-state index in [-0.39, 0.29) is 0 Å². The third-order valence-corrected chi connectivity index (χ3v) is 6.55. The van der Waals surface area contributed by atoms with Crippen LogP contribution in [0.1, 0.15) is 63.1 Å². The Labute approximate surface area is 129 Å². The summed E-state index contributed by atoms with van der Waals surface area (Å²) < 4.78 is 0. The van der Waals surface area contributed by atoms with E-state index in [1.165, 1.54) is 37.0 Å². The highest BCUT2D eigenvalue weighted by Crippen LogP contribution is 2.46. The van der Waals surface area contributed by atoms with Gasteiger partial charge in [0.1, 0.15) is 0 Å². The summed E-state index contributed by atoms with van der Waals surface area (Å²) in [5.74, 6) is 0.872. The molecule has 2 rings (SSSR count). The third-order valence-electron chi connectivity index (χ3n) is 5.32. The average Bonchev–Trinajstić information content (AvgIpc) is 2.85. The molecule has 0 bridgehead atoms. The van der Waals surface area contributed by atoms with E-state index in [0.29, 0.717) is 10.8 Å². The van der Waals surface area contributed by atoms with Gasteiger partial charge in [0.25, 0.3) is 0 Å². The molecule has 0 atom stereocenters. The minimum absolute atomic E-state index is 0.373. The molecule has 1 aromatic rings. The summed E-state index contributed by atoms with van der Waals surface area (Å²) in [7, 11) is 0. The SMILES string of the molecule is CCc1ccc(CC2(CN)CCC(C(C)(C)C)CC2)s1. The normalized spacial score (nSPS) is 27.8. The average molecular weight is 294 g/mol. The van der Waals surface area contributed by atoms with Gasteiger partial charge in [-0.1, -0.05) is 27.7 Å². The van der Waals surface area contributed by atoms with E-state index in [2.05, 4.69) is 39.8 Å². The van der Waals surface area contributed by atoms with Crippen LogP contribution in [-0.4, -0.2) is 6.54 Å². The molecule has 1 aromatic heterocycles. The molecule has 0 radical (unpaired) electrons. The van der Waals surface area contributed by atoms with Gasteiger partial charge in [0.2, 0.25) is 0 Å². The van der Waals surface area contributed by atoms with Gasteiger partial charge < -0.3 is 5.73 Å². The van der Waals surface area contributed by atoms with Crippen molar-refractivity contribution in [2.45, 2.75) is 66.2 Å². The van der Waals surface area contributed by atoms with Crippen molar-refractivity contribution in [3.05, 3.63) is 21.9 Å². The van der Waals surface area contributed by atoms with Crippen LogP contribution in [0.15, 0.2) is 12.1 Å². The van der Waals surface area contributed by atoms with Gasteiger partial charge in [-0.25, -0.2) is 0 Å². The van der Waals surface area contributed by atoms with E-state index >= 15 is 0 Å². The largest absolute Gasteiger partial charge is 0.330 e. The van der Waals surface area contributed by atoms with Gasteiger partial charge in [0.15, 0.2) is 0 Å². The topological polar surface area (TPSA) is 26.0 Å². The second kappa shape index (κ2) is 6.19. The van der Waals surface area contributed by atoms with Gasteiger partial charge in [0.05, 0.1) is 0 Å². The van der Waals surface area contributed by atoms with Crippen LogP contribution in [-0.2, 0) is 12.8 Å². The first-order chi connectivity index (χ1) is 9.38. The lowest BCUT2D eigenvalue weighted by molar-refractivity contribution is 0.0932. The molecule has 2 heteroatoms. The van der Waals surface area contributed by atoms with Gasteiger partial charge in [-0.3, -0.25) is 0 Å². The van der Waals surface area contributed by atoms with E-state index in [4.69, 9.17) is 5.73 Å². The molecule has 114 valence electrons. The first-order valence-corrected chi connectivity index (χ1v) is 8.98. The molecule has 1 fully saturated rings. The quantitative estimate of drug-likeness (QED) is 0.827. The van der Waals surface area contributed by atoms with E-state index in [9.17, 15) is 0 Å². The Morgan fingerprint density at radius 1 is 1.20 bits per heavy atom. The number of hydrogen-bond acceptors (Lipinski definition) is 2. The molecule has 0 saturated heterocycles. The van der Waals surface area contributed by atoms with Gasteiger partial charge in [-0.05, 0) is 74.0 Å². The molecule has 1 nitrogen and oxygen atoms in total. The van der Waals surface area contributed by atoms with E-state index in [1.807, 2.05) is 11.3 Å². The highest BCUT2D eigenvalue weighted by atomic mass is 32.1. The number of hydrogen-bond donors (Lipinski definition) is 1. The summed E-state index contributed by atoms with van der Waals surface area (Å²) in [4.78, 5) is 3.05. The molecular formula is C18H31NS. The standard InChI is InChI=1S/C18H31NS/c1-5-15-6-7-16(20-15)12-18(13-19)10-8-14(9-11-18)17(2,3)4/h6-7,14H,5,8-13,19H2,1-4H3. The molecular weight excluding hydrogens is 262 g/mol. The predicted molar refractivity (Wildman–Crippen MR) is 90.3 cm³/mol. The van der Waals surface area contributed by atoms with Gasteiger partial charge in [-0.2, -0.15) is 0 Å². The lowest BCUT2D eigenvalue weighted by Crippen LogP contribution is -2.39. The van der Waals surface area contributed by atoms with E-state index in [0.717, 1.165) is 18.9 Å². The molecule has 1 saturated carbocycles. The molecule has 20 heavy (non-hydrogen) atoms. The van der Waals surface area contributed by atoms with Gasteiger partial charge in [0, 0.05) is 9.75 Å². The number of thiophene rings is 1. The fourth-order valence-corrected chi connectivity index (χ4v) is 4.76. The van der Waals surface area contributed by atoms with Gasteiger partial charge in [-0.15, -0.1) is 11.3 Å². The number of rotatable bonds is 4. The Bertz CT molecular complexity index is 419. The summed E-state index contributed by atoms with van der Waals surface area (Å²) in [6, 6.07) is 4.63. The maximum atomic E-state index is 6.18. The number of aryl methyl sites for hydroxylation is 1. The molecule has 2 N–H and O–H groups in total. The first-order valence-electron chi connectivity index (χ1n) is 8.16. The Hall–Kier alpha value is -0.340. The minimum atomic E-state index is 0.373. The van der Waals surface area contributed by atoms with Crippen LogP contribution < -0.4 is 5.73 Å². The minimum Gasteiger partial charge on any atom is -0.330 e. The second-order valence-corrected chi connectivity index (χ2v) is 9.00. The third kappa shape index (κ3) is 3.65. The molecule has 0 spiro atoms. The van der Waals surface area contributed by atoms with Crippen LogP contribution in [0.3, 0.4) is 0 Å². The van der Waals surface area contributed by atoms with Crippen LogP contribution in [0.2, 0.25) is 0 Å². The summed E-state index contributed by atoms with van der Waals surface area (Å²) in [5, 5.41) is 0. The molecule has 0 aromatic carbocycles. The van der Waals surface area contributed by atoms with Crippen LogP contribution in [0.4, 0.5) is 0 Å². The zero-order chi connectivity index (χ0) is 14.8. The van der Waals surface area contributed by atoms with Crippen LogP contribution in [0, 0.1) is 16.7 Å². The Balaban J connectivity index is 2.01. The summed E-state index contributed by atoms with van der Waals surface area (Å²) >= 11 is 1.99. The van der Waals surface area contributed by atoms with Crippen molar-refractivity contribution in [1.29, 1.82) is 0 Å². The molecule has 0 amide bonds. The maximum absolute atomic E-state index is 6.18. The highest BCUT2D eigenvalue weighted by molar-refractivity contribution is 7.11. The van der Waals surface area contributed by atoms with Crippen molar-refractivity contribution >= 4 is 11.3 Å². The van der Waals surface area contributed by atoms with Gasteiger partial charge >= 0.3 is 0 Å². The van der Waals surface area contributed by atoms with Crippen LogP contribution in [0.5, 0.6) is 0 Å². The zero-order valence-electron chi connectivity index (χ0n) is 13.7. The van der Waals surface area contributed by atoms with Crippen LogP contribution in [0.25, 0.3) is 0 Å². The fraction of sp³-hybridized carbons (Fsp3) is 0.778. The predicted octanol–water partition coefficient (Wildman–Crippen LogP) is 5.03. The van der Waals surface area contributed by atoms with E-state index in [1.54, 1.807) is 4.88 Å². The Morgan fingerprint density at radius 2 is 1.80 bits per heavy atom. The Kier molecular flexibility index (Phi) is 4.96. The monoisotopic (exact) mass is 293 g/mol. The molecule has 1 aliphatic rings. The van der Waals surface area contributed by atoms with Crippen LogP contribution >= 0.6 is 11.3 Å². The first kappa shape index (κ1) is 16.0. The molecule has 1 heterocycles. The van der Waals surface area contributed by atoms with Crippen molar-refractivity contribution in [2.24, 2.45) is 22.5 Å². The zero-order valence-corrected chi connectivity index (χ0v) is 14.5. The van der Waals surface area contributed by atoms with Crippen molar-refractivity contribution in [2.75, 3.05) is 6.54 Å². The second-order valence-electron chi connectivity index (χ2n) is 7.74. The fourth-order valence-electron chi connectivity index (χ4n) is 3.63. The number of nitrogens with two attached hydrogens (primary N) is 1. The smallest absolute Gasteiger partial charge is 0.00541 e. The van der Waals surface area contributed by atoms with Crippen molar-refractivity contribution in [3.63, 3.8) is 0 Å². The van der Waals surface area contributed by atoms with E-state index < -0.39 is 0 Å². The Morgan fingerprint density at radius 3 is 2.25 bits per heavy atom. The molecule has 0 unspecified atom stereocenters. The molecule has 1 aliphatic carbocycles. The van der Waals surface area contributed by atoms with Crippen molar-refractivity contribution in [3.8, 4) is 0 Å². The highest BCUT2D eigenvalue weighted by Gasteiger charge is 2.38. The lowest BCUT2D eigenvalue weighted by atomic mass is 9.63. The van der Waals surface area contributed by atoms with Crippen molar-refractivity contribution in [1.82, 2.24) is 0 Å². The molecule has 0 aliphatic heterocycles. The summed E-state index contributed by atoms with van der Waals surface area (Å²) in [6.07, 6.45) is 7.69. The van der Waals surface area contributed by atoms with Crippen molar-refractivity contribution < 1.29 is 0 Å². The maximum Gasteiger partial charge on any atom is 0.00541 e. The lowest BCUT2D eigenvalue weighted by Gasteiger charge is -2.43.